The van der Waals surface area contributed by atoms with E-state index in [-0.39, 0.29) is 0 Å². The average molecular weight is 136 g/mol. The molecule has 1 aromatic rings. The first-order chi connectivity index (χ1) is 4.79. The molecule has 10 heavy (non-hydrogen) atoms. The highest BCUT2D eigenvalue weighted by Gasteiger charge is 1.92. The van der Waals surface area contributed by atoms with Gasteiger partial charge in [0.2, 0.25) is 0 Å². The van der Waals surface area contributed by atoms with Crippen molar-refractivity contribution in [1.82, 2.24) is 10.7 Å². The molecule has 4 heteroatoms. The minimum absolute atomic E-state index is 0.593. The Kier molecular flexibility index (Phi) is 1.84. The van der Waals surface area contributed by atoms with Gasteiger partial charge in [-0.1, -0.05) is 0 Å². The molecule has 1 rings (SSSR count). The number of hydrogen-bond acceptors (Lipinski definition) is 2. The second-order valence-electron chi connectivity index (χ2n) is 1.69. The Morgan fingerprint density at radius 2 is 2.10 bits per heavy atom. The molecule has 4 nitrogen and oxygen atoms in total. The summed E-state index contributed by atoms with van der Waals surface area (Å²) in [6, 6.07) is 2.42. The van der Waals surface area contributed by atoms with Crippen LogP contribution in [0.15, 0.2) is 24.5 Å². The lowest BCUT2D eigenvalue weighted by atomic mass is 10.4. The van der Waals surface area contributed by atoms with Gasteiger partial charge in [-0.15, -0.1) is 0 Å². The minimum atomic E-state index is -0.814. The van der Waals surface area contributed by atoms with Gasteiger partial charge in [-0.25, -0.2) is 10.5 Å². The molecular weight excluding hydrogens is 130 g/mol. The van der Waals surface area contributed by atoms with E-state index in [1.54, 1.807) is 24.5 Å². The van der Waals surface area contributed by atoms with Crippen molar-refractivity contribution in [2.75, 3.05) is 5.32 Å². The summed E-state index contributed by atoms with van der Waals surface area (Å²) in [5, 5.41) is 2.29. The second-order valence-corrected chi connectivity index (χ2v) is 1.69. The Hall–Kier alpha value is -1.58. The standard InChI is InChI=1S/C6H6N3O/c7-6(10)9-5-1-3-8-4-2-5/h1-4,7H,(H,8,9,10). The number of amides is 2. The van der Waals surface area contributed by atoms with E-state index in [4.69, 9.17) is 5.73 Å². The van der Waals surface area contributed by atoms with E-state index in [0.29, 0.717) is 5.69 Å². The average Bonchev–Trinajstić information content (AvgIpc) is 1.88. The van der Waals surface area contributed by atoms with Gasteiger partial charge in [-0.3, -0.25) is 4.98 Å². The van der Waals surface area contributed by atoms with Crippen LogP contribution in [0.2, 0.25) is 0 Å². The van der Waals surface area contributed by atoms with E-state index in [9.17, 15) is 4.79 Å². The molecule has 1 radical (unpaired) electrons. The molecule has 0 aliphatic rings. The highest BCUT2D eigenvalue weighted by Crippen LogP contribution is 2.01. The van der Waals surface area contributed by atoms with Gasteiger partial charge in [0.15, 0.2) is 0 Å². The number of aromatic nitrogens is 1. The smallest absolute Gasteiger partial charge is 0.306 e. The van der Waals surface area contributed by atoms with Crippen molar-refractivity contribution < 1.29 is 4.79 Å². The van der Waals surface area contributed by atoms with E-state index in [2.05, 4.69) is 10.3 Å². The van der Waals surface area contributed by atoms with Gasteiger partial charge in [0, 0.05) is 18.1 Å². The summed E-state index contributed by atoms with van der Waals surface area (Å²) in [7, 11) is 0. The number of rotatable bonds is 1. The van der Waals surface area contributed by atoms with Gasteiger partial charge in [-0.05, 0) is 12.1 Å². The Morgan fingerprint density at radius 1 is 1.50 bits per heavy atom. The molecule has 51 valence electrons. The first-order valence-corrected chi connectivity index (χ1v) is 2.71. The summed E-state index contributed by atoms with van der Waals surface area (Å²) in [5.74, 6) is 0. The highest BCUT2D eigenvalue weighted by molar-refractivity contribution is 5.86. The van der Waals surface area contributed by atoms with Crippen LogP contribution in [0.25, 0.3) is 0 Å². The molecular formula is C6H6N3O. The van der Waals surface area contributed by atoms with E-state index < -0.39 is 6.03 Å². The zero-order chi connectivity index (χ0) is 7.40. The lowest BCUT2D eigenvalue weighted by Crippen LogP contribution is -2.08. The molecule has 2 amide bonds. The van der Waals surface area contributed by atoms with Crippen LogP contribution in [0, 0.1) is 0 Å². The third-order valence-corrected chi connectivity index (χ3v) is 0.938. The van der Waals surface area contributed by atoms with Crippen molar-refractivity contribution in [1.29, 1.82) is 0 Å². The van der Waals surface area contributed by atoms with Crippen molar-refractivity contribution in [3.05, 3.63) is 24.5 Å². The Morgan fingerprint density at radius 3 is 2.60 bits per heavy atom. The fourth-order valence-corrected chi connectivity index (χ4v) is 0.566. The SMILES string of the molecule is [NH]C(=O)Nc1ccncc1. The third-order valence-electron chi connectivity index (χ3n) is 0.938. The molecule has 0 saturated heterocycles. The van der Waals surface area contributed by atoms with Gasteiger partial charge >= 0.3 is 6.03 Å². The van der Waals surface area contributed by atoms with Gasteiger partial charge in [0.25, 0.3) is 0 Å². The number of nitrogens with one attached hydrogen (secondary N) is 2. The molecule has 1 aromatic heterocycles. The van der Waals surface area contributed by atoms with E-state index in [1.807, 2.05) is 0 Å². The minimum Gasteiger partial charge on any atom is -0.306 e. The molecule has 0 spiro atoms. The molecule has 0 fully saturated rings. The van der Waals surface area contributed by atoms with Gasteiger partial charge in [0.1, 0.15) is 0 Å². The monoisotopic (exact) mass is 136 g/mol. The van der Waals surface area contributed by atoms with Crippen LogP contribution in [0.1, 0.15) is 0 Å². The Balaban J connectivity index is 2.67. The van der Waals surface area contributed by atoms with E-state index >= 15 is 0 Å². The van der Waals surface area contributed by atoms with Crippen molar-refractivity contribution in [2.24, 2.45) is 0 Å². The highest BCUT2D eigenvalue weighted by atomic mass is 16.2. The third kappa shape index (κ3) is 1.74. The number of carbonyl (C=O) groups is 1. The van der Waals surface area contributed by atoms with Crippen LogP contribution in [0.3, 0.4) is 0 Å². The lowest BCUT2D eigenvalue weighted by molar-refractivity contribution is 0.258. The Bertz CT molecular complexity index is 222. The number of hydrogen-bond donors (Lipinski definition) is 1. The zero-order valence-electron chi connectivity index (χ0n) is 5.16. The summed E-state index contributed by atoms with van der Waals surface area (Å²) < 4.78 is 0. The molecule has 1 heterocycles. The fraction of sp³-hybridized carbons (Fsp3) is 0. The summed E-state index contributed by atoms with van der Waals surface area (Å²) in [4.78, 5) is 13.9. The van der Waals surface area contributed by atoms with E-state index in [0.717, 1.165) is 0 Å². The number of pyridine rings is 1. The van der Waals surface area contributed by atoms with Crippen LogP contribution in [-0.2, 0) is 0 Å². The summed E-state index contributed by atoms with van der Waals surface area (Å²) in [6.45, 7) is 0. The van der Waals surface area contributed by atoms with Gasteiger partial charge < -0.3 is 5.32 Å². The van der Waals surface area contributed by atoms with Crippen LogP contribution in [0.4, 0.5) is 10.5 Å². The summed E-state index contributed by atoms with van der Waals surface area (Å²) >= 11 is 0. The largest absolute Gasteiger partial charge is 0.337 e. The van der Waals surface area contributed by atoms with Crippen molar-refractivity contribution >= 4 is 11.7 Å². The van der Waals surface area contributed by atoms with E-state index in [1.165, 1.54) is 0 Å². The first-order valence-electron chi connectivity index (χ1n) is 2.71. The quantitative estimate of drug-likeness (QED) is 0.623. The van der Waals surface area contributed by atoms with Crippen LogP contribution in [0.5, 0.6) is 0 Å². The molecule has 0 unspecified atom stereocenters. The number of carbonyl (C=O) groups excluding carboxylic acids is 1. The maximum absolute atomic E-state index is 10.1. The Labute approximate surface area is 58.1 Å². The first kappa shape index (κ1) is 6.54. The van der Waals surface area contributed by atoms with Crippen molar-refractivity contribution in [3.63, 3.8) is 0 Å². The number of anilines is 1. The maximum Gasteiger partial charge on any atom is 0.337 e. The number of nitrogens with zero attached hydrogens (tertiary/aromatic N) is 1. The van der Waals surface area contributed by atoms with Crippen LogP contribution in [-0.4, -0.2) is 11.0 Å². The fourth-order valence-electron chi connectivity index (χ4n) is 0.566. The molecule has 2 N–H and O–H groups in total. The lowest BCUT2D eigenvalue weighted by Gasteiger charge is -1.96. The van der Waals surface area contributed by atoms with Crippen molar-refractivity contribution in [3.8, 4) is 0 Å². The molecule has 0 aliphatic carbocycles. The summed E-state index contributed by atoms with van der Waals surface area (Å²) in [6.07, 6.45) is 3.09. The van der Waals surface area contributed by atoms with Gasteiger partial charge in [0.05, 0.1) is 0 Å². The normalized spacial score (nSPS) is 8.80. The molecule has 0 bridgehead atoms. The number of urea groups is 1. The predicted octanol–water partition coefficient (Wildman–Crippen LogP) is 0.896. The molecule has 0 aliphatic heterocycles. The second kappa shape index (κ2) is 2.82. The maximum atomic E-state index is 10.1. The summed E-state index contributed by atoms with van der Waals surface area (Å²) in [5.41, 5.74) is 7.14. The zero-order valence-corrected chi connectivity index (χ0v) is 5.16. The molecule has 0 aromatic carbocycles. The van der Waals surface area contributed by atoms with Crippen LogP contribution < -0.4 is 11.1 Å². The van der Waals surface area contributed by atoms with Crippen LogP contribution >= 0.6 is 0 Å². The van der Waals surface area contributed by atoms with Gasteiger partial charge in [-0.2, -0.15) is 0 Å². The predicted molar refractivity (Wildman–Crippen MR) is 36.4 cm³/mol. The van der Waals surface area contributed by atoms with Crippen molar-refractivity contribution in [2.45, 2.75) is 0 Å². The molecule has 0 saturated carbocycles. The molecule has 0 atom stereocenters. The topological polar surface area (TPSA) is 65.8 Å².